The van der Waals surface area contributed by atoms with Gasteiger partial charge in [-0.15, -0.1) is 0 Å². The Balaban J connectivity index is 2.02. The highest BCUT2D eigenvalue weighted by atomic mass is 16.5. The van der Waals surface area contributed by atoms with E-state index in [2.05, 4.69) is 10.2 Å². The van der Waals surface area contributed by atoms with Gasteiger partial charge >= 0.3 is 0 Å². The zero-order chi connectivity index (χ0) is 13.0. The van der Waals surface area contributed by atoms with Crippen molar-refractivity contribution in [1.82, 2.24) is 10.2 Å². The molecular weight excluding hydrogens is 230 g/mol. The number of carbonyl (C=O) groups is 1. The van der Waals surface area contributed by atoms with Crippen molar-refractivity contribution < 1.29 is 9.53 Å². The van der Waals surface area contributed by atoms with E-state index >= 15 is 0 Å². The van der Waals surface area contributed by atoms with Crippen LogP contribution in [0, 0.1) is 0 Å². The van der Waals surface area contributed by atoms with Crippen molar-refractivity contribution in [2.75, 3.05) is 33.3 Å². The molecule has 0 spiro atoms. The Morgan fingerprint density at radius 3 is 3.00 bits per heavy atom. The van der Waals surface area contributed by atoms with Crippen LogP contribution in [0.4, 0.5) is 0 Å². The zero-order valence-corrected chi connectivity index (χ0v) is 10.6. The molecule has 2 rings (SSSR count). The quantitative estimate of drug-likeness (QED) is 0.796. The smallest absolute Gasteiger partial charge is 0.234 e. The molecule has 0 radical (unpaired) electrons. The fourth-order valence-electron chi connectivity index (χ4n) is 2.20. The van der Waals surface area contributed by atoms with Crippen molar-refractivity contribution in [2.24, 2.45) is 5.73 Å². The second-order valence-electron chi connectivity index (χ2n) is 4.43. The van der Waals surface area contributed by atoms with Crippen LogP contribution in [-0.2, 0) is 4.79 Å². The molecule has 5 nitrogen and oxygen atoms in total. The van der Waals surface area contributed by atoms with Crippen molar-refractivity contribution in [3.63, 3.8) is 0 Å². The summed E-state index contributed by atoms with van der Waals surface area (Å²) >= 11 is 0. The van der Waals surface area contributed by atoms with Gasteiger partial charge in [0.1, 0.15) is 5.75 Å². The Morgan fingerprint density at radius 2 is 2.28 bits per heavy atom. The molecule has 1 heterocycles. The largest absolute Gasteiger partial charge is 0.496 e. The third-order valence-corrected chi connectivity index (χ3v) is 3.11. The topological polar surface area (TPSA) is 67.6 Å². The van der Waals surface area contributed by atoms with Gasteiger partial charge in [-0.1, -0.05) is 18.2 Å². The summed E-state index contributed by atoms with van der Waals surface area (Å²) in [6, 6.07) is 7.59. The number of methoxy groups -OCH3 is 1. The van der Waals surface area contributed by atoms with Crippen LogP contribution in [0.2, 0.25) is 0 Å². The molecule has 3 N–H and O–H groups in total. The van der Waals surface area contributed by atoms with Crippen LogP contribution < -0.4 is 15.8 Å². The van der Waals surface area contributed by atoms with Gasteiger partial charge < -0.3 is 15.8 Å². The Bertz CT molecular complexity index is 422. The molecule has 1 aliphatic rings. The minimum atomic E-state index is -0.146. The first-order chi connectivity index (χ1) is 8.70. The minimum absolute atomic E-state index is 0.0634. The number of rotatable bonds is 4. The first kappa shape index (κ1) is 12.9. The molecule has 1 saturated heterocycles. The van der Waals surface area contributed by atoms with E-state index in [1.54, 1.807) is 7.11 Å². The van der Waals surface area contributed by atoms with Crippen LogP contribution in [0.5, 0.6) is 5.75 Å². The summed E-state index contributed by atoms with van der Waals surface area (Å²) in [5.74, 6) is 0.861. The van der Waals surface area contributed by atoms with Crippen LogP contribution in [0.1, 0.15) is 11.6 Å². The summed E-state index contributed by atoms with van der Waals surface area (Å²) in [6.07, 6.45) is 0. The average molecular weight is 249 g/mol. The Hall–Kier alpha value is -1.59. The van der Waals surface area contributed by atoms with Crippen LogP contribution in [0.15, 0.2) is 24.3 Å². The van der Waals surface area contributed by atoms with Gasteiger partial charge in [-0.3, -0.25) is 9.69 Å². The lowest BCUT2D eigenvalue weighted by Crippen LogP contribution is -2.49. The van der Waals surface area contributed by atoms with Gasteiger partial charge in [0.25, 0.3) is 0 Å². The summed E-state index contributed by atoms with van der Waals surface area (Å²) in [5.41, 5.74) is 7.17. The van der Waals surface area contributed by atoms with Gasteiger partial charge in [0.2, 0.25) is 5.91 Å². The second-order valence-corrected chi connectivity index (χ2v) is 4.43. The lowest BCUT2D eigenvalue weighted by molar-refractivity contribution is -0.124. The molecule has 0 saturated carbocycles. The number of benzene rings is 1. The molecule has 1 amide bonds. The molecule has 1 atom stereocenters. The molecule has 1 aliphatic heterocycles. The van der Waals surface area contributed by atoms with Gasteiger partial charge in [-0.05, 0) is 6.07 Å². The molecule has 98 valence electrons. The molecule has 1 unspecified atom stereocenters. The number of nitrogens with one attached hydrogen (secondary N) is 1. The third kappa shape index (κ3) is 3.00. The lowest BCUT2D eigenvalue weighted by atomic mass is 10.1. The number of amides is 1. The fourth-order valence-corrected chi connectivity index (χ4v) is 2.20. The zero-order valence-electron chi connectivity index (χ0n) is 10.6. The van der Waals surface area contributed by atoms with Gasteiger partial charge in [0, 0.05) is 31.2 Å². The van der Waals surface area contributed by atoms with Gasteiger partial charge in [-0.2, -0.15) is 0 Å². The summed E-state index contributed by atoms with van der Waals surface area (Å²) in [6.45, 7) is 2.61. The van der Waals surface area contributed by atoms with Crippen molar-refractivity contribution in [2.45, 2.75) is 6.04 Å². The van der Waals surface area contributed by atoms with E-state index in [4.69, 9.17) is 10.5 Å². The van der Waals surface area contributed by atoms with Crippen molar-refractivity contribution in [3.8, 4) is 5.75 Å². The molecule has 5 heteroatoms. The van der Waals surface area contributed by atoms with E-state index in [1.165, 1.54) is 0 Å². The SMILES string of the molecule is COc1ccccc1C(N)CN1CCNC(=O)C1. The molecule has 0 aromatic heterocycles. The van der Waals surface area contributed by atoms with Crippen LogP contribution in [-0.4, -0.2) is 44.1 Å². The number of hydrogen-bond donors (Lipinski definition) is 2. The van der Waals surface area contributed by atoms with E-state index in [0.717, 1.165) is 17.9 Å². The average Bonchev–Trinajstić information content (AvgIpc) is 2.38. The highest BCUT2D eigenvalue weighted by molar-refractivity contribution is 5.78. The van der Waals surface area contributed by atoms with Gasteiger partial charge in [0.15, 0.2) is 0 Å². The fraction of sp³-hybridized carbons (Fsp3) is 0.462. The highest BCUT2D eigenvalue weighted by Crippen LogP contribution is 2.23. The predicted octanol–water partition coefficient (Wildman–Crippen LogP) is 0.127. The van der Waals surface area contributed by atoms with Crippen molar-refractivity contribution in [1.29, 1.82) is 0 Å². The van der Waals surface area contributed by atoms with Crippen molar-refractivity contribution >= 4 is 5.91 Å². The number of ether oxygens (including phenoxy) is 1. The monoisotopic (exact) mass is 249 g/mol. The Labute approximate surface area is 107 Å². The number of carbonyl (C=O) groups excluding carboxylic acids is 1. The molecule has 18 heavy (non-hydrogen) atoms. The predicted molar refractivity (Wildman–Crippen MR) is 69.4 cm³/mol. The number of nitrogens with zero attached hydrogens (tertiary/aromatic N) is 1. The van der Waals surface area contributed by atoms with Gasteiger partial charge in [0.05, 0.1) is 13.7 Å². The minimum Gasteiger partial charge on any atom is -0.496 e. The molecule has 1 aromatic rings. The lowest BCUT2D eigenvalue weighted by Gasteiger charge is -2.29. The number of para-hydroxylation sites is 1. The van der Waals surface area contributed by atoms with Crippen molar-refractivity contribution in [3.05, 3.63) is 29.8 Å². The van der Waals surface area contributed by atoms with Crippen LogP contribution in [0.25, 0.3) is 0 Å². The summed E-state index contributed by atoms with van der Waals surface area (Å²) in [5, 5.41) is 2.80. The number of hydrogen-bond acceptors (Lipinski definition) is 4. The first-order valence-corrected chi connectivity index (χ1v) is 6.08. The maximum atomic E-state index is 11.3. The van der Waals surface area contributed by atoms with Crippen LogP contribution >= 0.6 is 0 Å². The van der Waals surface area contributed by atoms with E-state index in [1.807, 2.05) is 24.3 Å². The highest BCUT2D eigenvalue weighted by Gasteiger charge is 2.20. The summed E-state index contributed by atoms with van der Waals surface area (Å²) in [4.78, 5) is 13.4. The second kappa shape index (κ2) is 5.84. The van der Waals surface area contributed by atoms with E-state index < -0.39 is 0 Å². The maximum Gasteiger partial charge on any atom is 0.234 e. The summed E-state index contributed by atoms with van der Waals surface area (Å²) < 4.78 is 5.30. The molecule has 0 bridgehead atoms. The molecular formula is C13H19N3O2. The number of nitrogens with two attached hydrogens (primary N) is 1. The molecule has 0 aliphatic carbocycles. The molecule has 1 fully saturated rings. The maximum absolute atomic E-state index is 11.3. The van der Waals surface area contributed by atoms with Crippen LogP contribution in [0.3, 0.4) is 0 Å². The van der Waals surface area contributed by atoms with E-state index in [-0.39, 0.29) is 11.9 Å². The summed E-state index contributed by atoms with van der Waals surface area (Å²) in [7, 11) is 1.64. The third-order valence-electron chi connectivity index (χ3n) is 3.11. The van der Waals surface area contributed by atoms with Gasteiger partial charge in [-0.25, -0.2) is 0 Å². The first-order valence-electron chi connectivity index (χ1n) is 6.08. The Morgan fingerprint density at radius 1 is 1.50 bits per heavy atom. The molecule has 1 aromatic carbocycles. The number of piperazine rings is 1. The standard InChI is InChI=1S/C13H19N3O2/c1-18-12-5-3-2-4-10(12)11(14)8-16-7-6-15-13(17)9-16/h2-5,11H,6-9,14H2,1H3,(H,15,17). The Kier molecular flexibility index (Phi) is 4.17. The van der Waals surface area contributed by atoms with E-state index in [9.17, 15) is 4.79 Å². The normalized spacial score (nSPS) is 18.2. The van der Waals surface area contributed by atoms with E-state index in [0.29, 0.717) is 19.6 Å².